The van der Waals surface area contributed by atoms with E-state index in [-0.39, 0.29) is 5.91 Å². The highest BCUT2D eigenvalue weighted by atomic mass is 35.5. The van der Waals surface area contributed by atoms with E-state index in [2.05, 4.69) is 20.4 Å². The number of halogens is 1. The van der Waals surface area contributed by atoms with Crippen molar-refractivity contribution < 1.29 is 4.79 Å². The second-order valence-corrected chi connectivity index (χ2v) is 6.85. The molecule has 2 heterocycles. The molecule has 7 nitrogen and oxygen atoms in total. The molecule has 0 saturated carbocycles. The molecule has 3 aromatic rings. The fourth-order valence-electron chi connectivity index (χ4n) is 3.30. The lowest BCUT2D eigenvalue weighted by atomic mass is 10.1. The summed E-state index contributed by atoms with van der Waals surface area (Å²) in [4.78, 5) is 17.2. The highest BCUT2D eigenvalue weighted by Gasteiger charge is 2.25. The van der Waals surface area contributed by atoms with E-state index in [0.717, 1.165) is 23.8 Å². The minimum absolute atomic E-state index is 0.00811. The van der Waals surface area contributed by atoms with E-state index in [4.69, 9.17) is 11.6 Å². The van der Waals surface area contributed by atoms with Gasteiger partial charge in [-0.25, -0.2) is 0 Å². The van der Waals surface area contributed by atoms with Crippen molar-refractivity contribution in [1.82, 2.24) is 25.1 Å². The Morgan fingerprint density at radius 1 is 1.04 bits per heavy atom. The van der Waals surface area contributed by atoms with Crippen LogP contribution in [-0.2, 0) is 0 Å². The Morgan fingerprint density at radius 2 is 1.81 bits per heavy atom. The lowest BCUT2D eigenvalue weighted by molar-refractivity contribution is 0.0746. The van der Waals surface area contributed by atoms with Gasteiger partial charge in [0.15, 0.2) is 5.82 Å². The molecule has 8 heteroatoms. The molecule has 0 atom stereocenters. The summed E-state index contributed by atoms with van der Waals surface area (Å²) in [6.45, 7) is 4.63. The summed E-state index contributed by atoms with van der Waals surface area (Å²) < 4.78 is 1.59. The molecule has 1 aromatic heterocycles. The maximum absolute atomic E-state index is 13.1. The molecule has 1 amide bonds. The molecule has 0 unspecified atom stereocenters. The van der Waals surface area contributed by atoms with E-state index in [1.807, 2.05) is 60.4 Å². The largest absolute Gasteiger partial charge is 0.368 e. The number of anilines is 1. The molecular formula is C19H19ClN6O. The molecule has 1 aliphatic heterocycles. The number of aryl methyl sites for hydroxylation is 1. The molecule has 0 bridgehead atoms. The summed E-state index contributed by atoms with van der Waals surface area (Å²) in [5.74, 6) is 0.632. The third kappa shape index (κ3) is 3.50. The predicted molar refractivity (Wildman–Crippen MR) is 103 cm³/mol. The Morgan fingerprint density at radius 3 is 2.52 bits per heavy atom. The number of aromatic nitrogens is 4. The van der Waals surface area contributed by atoms with Gasteiger partial charge in [0.1, 0.15) is 0 Å². The Balaban J connectivity index is 1.52. The predicted octanol–water partition coefficient (Wildman–Crippen LogP) is 2.59. The van der Waals surface area contributed by atoms with Crippen molar-refractivity contribution in [2.75, 3.05) is 31.1 Å². The van der Waals surface area contributed by atoms with Gasteiger partial charge < -0.3 is 9.80 Å². The number of para-hydroxylation sites is 1. The van der Waals surface area contributed by atoms with Gasteiger partial charge in [-0.2, -0.15) is 4.68 Å². The minimum atomic E-state index is -0.00811. The molecule has 0 aliphatic carbocycles. The lowest BCUT2D eigenvalue weighted by Gasteiger charge is -2.36. The number of hydrogen-bond donors (Lipinski definition) is 0. The third-order valence-corrected chi connectivity index (χ3v) is 4.96. The Hall–Kier alpha value is -2.93. The van der Waals surface area contributed by atoms with Gasteiger partial charge in [0, 0.05) is 36.9 Å². The highest BCUT2D eigenvalue weighted by Crippen LogP contribution is 2.22. The van der Waals surface area contributed by atoms with Crippen molar-refractivity contribution >= 4 is 23.2 Å². The zero-order chi connectivity index (χ0) is 18.8. The van der Waals surface area contributed by atoms with E-state index < -0.39 is 0 Å². The monoisotopic (exact) mass is 382 g/mol. The standard InChI is InChI=1S/C19H19ClN6O/c1-14-21-22-23-26(14)18-8-3-2-7-17(18)19(27)25-11-9-24(10-12-25)16-6-4-5-15(20)13-16/h2-8,13H,9-12H2,1H3. The number of rotatable bonds is 3. The normalized spacial score (nSPS) is 14.4. The van der Waals surface area contributed by atoms with E-state index in [0.29, 0.717) is 30.2 Å². The molecule has 1 saturated heterocycles. The van der Waals surface area contributed by atoms with Crippen LogP contribution in [0.1, 0.15) is 16.2 Å². The van der Waals surface area contributed by atoms with Crippen LogP contribution in [0.4, 0.5) is 5.69 Å². The van der Waals surface area contributed by atoms with Crippen molar-refractivity contribution in [2.45, 2.75) is 6.92 Å². The van der Waals surface area contributed by atoms with Crippen molar-refractivity contribution in [3.05, 3.63) is 64.9 Å². The number of carbonyl (C=O) groups excluding carboxylic acids is 1. The van der Waals surface area contributed by atoms with Crippen molar-refractivity contribution in [3.8, 4) is 5.69 Å². The third-order valence-electron chi connectivity index (χ3n) is 4.73. The number of amides is 1. The van der Waals surface area contributed by atoms with Gasteiger partial charge in [-0.05, 0) is 47.7 Å². The smallest absolute Gasteiger partial charge is 0.256 e. The maximum Gasteiger partial charge on any atom is 0.256 e. The molecule has 4 rings (SSSR count). The summed E-state index contributed by atoms with van der Waals surface area (Å²) in [7, 11) is 0. The van der Waals surface area contributed by atoms with Gasteiger partial charge in [0.05, 0.1) is 11.3 Å². The van der Waals surface area contributed by atoms with E-state index >= 15 is 0 Å². The number of nitrogens with zero attached hydrogens (tertiary/aromatic N) is 6. The number of tetrazole rings is 1. The van der Waals surface area contributed by atoms with Gasteiger partial charge in [-0.1, -0.05) is 29.8 Å². The van der Waals surface area contributed by atoms with Crippen LogP contribution in [-0.4, -0.2) is 57.2 Å². The molecule has 2 aromatic carbocycles. The van der Waals surface area contributed by atoms with Gasteiger partial charge in [0.2, 0.25) is 0 Å². The zero-order valence-corrected chi connectivity index (χ0v) is 15.7. The average molecular weight is 383 g/mol. The van der Waals surface area contributed by atoms with Gasteiger partial charge in [-0.3, -0.25) is 4.79 Å². The molecule has 1 aliphatic rings. The molecule has 27 heavy (non-hydrogen) atoms. The van der Waals surface area contributed by atoms with E-state index in [1.54, 1.807) is 4.68 Å². The fourth-order valence-corrected chi connectivity index (χ4v) is 3.49. The Bertz CT molecular complexity index is 964. The van der Waals surface area contributed by atoms with Crippen LogP contribution in [0, 0.1) is 6.92 Å². The van der Waals surface area contributed by atoms with Crippen LogP contribution in [0.5, 0.6) is 0 Å². The maximum atomic E-state index is 13.1. The van der Waals surface area contributed by atoms with Gasteiger partial charge >= 0.3 is 0 Å². The molecule has 0 radical (unpaired) electrons. The number of carbonyl (C=O) groups is 1. The first-order valence-corrected chi connectivity index (χ1v) is 9.15. The van der Waals surface area contributed by atoms with Crippen molar-refractivity contribution in [3.63, 3.8) is 0 Å². The number of benzene rings is 2. The second-order valence-electron chi connectivity index (χ2n) is 6.41. The van der Waals surface area contributed by atoms with Gasteiger partial charge in [-0.15, -0.1) is 5.10 Å². The summed E-state index contributed by atoms with van der Waals surface area (Å²) >= 11 is 6.09. The highest BCUT2D eigenvalue weighted by molar-refractivity contribution is 6.30. The summed E-state index contributed by atoms with van der Waals surface area (Å²) in [6, 6.07) is 15.2. The molecular weight excluding hydrogens is 364 g/mol. The Kier molecular flexibility index (Phi) is 4.77. The molecule has 0 N–H and O–H groups in total. The first-order chi connectivity index (χ1) is 13.1. The summed E-state index contributed by atoms with van der Waals surface area (Å²) in [5.41, 5.74) is 2.38. The fraction of sp³-hybridized carbons (Fsp3) is 0.263. The first kappa shape index (κ1) is 17.5. The summed E-state index contributed by atoms with van der Waals surface area (Å²) in [5, 5.41) is 12.3. The van der Waals surface area contributed by atoms with Gasteiger partial charge in [0.25, 0.3) is 5.91 Å². The average Bonchev–Trinajstić information content (AvgIpc) is 3.13. The van der Waals surface area contributed by atoms with Crippen molar-refractivity contribution in [2.24, 2.45) is 0 Å². The van der Waals surface area contributed by atoms with E-state index in [1.165, 1.54) is 0 Å². The second kappa shape index (κ2) is 7.36. The van der Waals surface area contributed by atoms with Crippen LogP contribution < -0.4 is 4.90 Å². The quantitative estimate of drug-likeness (QED) is 0.696. The van der Waals surface area contributed by atoms with E-state index in [9.17, 15) is 4.79 Å². The molecule has 0 spiro atoms. The van der Waals surface area contributed by atoms with Crippen LogP contribution in [0.2, 0.25) is 5.02 Å². The summed E-state index contributed by atoms with van der Waals surface area (Å²) in [6.07, 6.45) is 0. The topological polar surface area (TPSA) is 67.2 Å². The van der Waals surface area contributed by atoms with Crippen LogP contribution in [0.3, 0.4) is 0 Å². The minimum Gasteiger partial charge on any atom is -0.368 e. The first-order valence-electron chi connectivity index (χ1n) is 8.77. The Labute approximate surface area is 162 Å². The number of hydrogen-bond acceptors (Lipinski definition) is 5. The van der Waals surface area contributed by atoms with Crippen LogP contribution in [0.15, 0.2) is 48.5 Å². The molecule has 1 fully saturated rings. The zero-order valence-electron chi connectivity index (χ0n) is 14.9. The van der Waals surface area contributed by atoms with Crippen LogP contribution in [0.25, 0.3) is 5.69 Å². The van der Waals surface area contributed by atoms with Crippen molar-refractivity contribution in [1.29, 1.82) is 0 Å². The SMILES string of the molecule is Cc1nnnn1-c1ccccc1C(=O)N1CCN(c2cccc(Cl)c2)CC1. The molecule has 138 valence electrons. The number of piperazine rings is 1. The van der Waals surface area contributed by atoms with Crippen LogP contribution >= 0.6 is 11.6 Å². The lowest BCUT2D eigenvalue weighted by Crippen LogP contribution is -2.49.